The van der Waals surface area contributed by atoms with Gasteiger partial charge in [-0.15, -0.1) is 0 Å². The lowest BCUT2D eigenvalue weighted by Gasteiger charge is -2.19. The minimum atomic E-state index is 0.571. The molecule has 0 amide bonds. The fourth-order valence-electron chi connectivity index (χ4n) is 2.89. The van der Waals surface area contributed by atoms with Crippen molar-refractivity contribution in [3.05, 3.63) is 35.6 Å². The summed E-state index contributed by atoms with van der Waals surface area (Å²) in [6, 6.07) is 3.90. The van der Waals surface area contributed by atoms with E-state index >= 15 is 0 Å². The maximum atomic E-state index is 6.00. The summed E-state index contributed by atoms with van der Waals surface area (Å²) in [7, 11) is 0. The standard InChI is InChI=1S/C13H15ClN2/c14-13-12(2-1-5-15-13)16-8-11-7-9-3-4-10(11)6-9/h1-5,9-11,16H,6-8H2. The first-order valence-corrected chi connectivity index (χ1v) is 6.23. The van der Waals surface area contributed by atoms with E-state index in [1.165, 1.54) is 12.8 Å². The summed E-state index contributed by atoms with van der Waals surface area (Å²) >= 11 is 6.00. The van der Waals surface area contributed by atoms with Crippen LogP contribution in [0.2, 0.25) is 5.15 Å². The van der Waals surface area contributed by atoms with Crippen LogP contribution in [0.1, 0.15) is 12.8 Å². The van der Waals surface area contributed by atoms with E-state index in [-0.39, 0.29) is 0 Å². The molecule has 3 rings (SSSR count). The van der Waals surface area contributed by atoms with Crippen LogP contribution in [0.4, 0.5) is 5.69 Å². The van der Waals surface area contributed by atoms with Gasteiger partial charge in [0.1, 0.15) is 0 Å². The molecule has 84 valence electrons. The maximum Gasteiger partial charge on any atom is 0.152 e. The van der Waals surface area contributed by atoms with Crippen molar-refractivity contribution in [3.8, 4) is 0 Å². The maximum absolute atomic E-state index is 6.00. The molecule has 1 heterocycles. The molecule has 1 N–H and O–H groups in total. The quantitative estimate of drug-likeness (QED) is 0.641. The zero-order valence-corrected chi connectivity index (χ0v) is 9.82. The smallest absolute Gasteiger partial charge is 0.152 e. The van der Waals surface area contributed by atoms with Crippen molar-refractivity contribution >= 4 is 17.3 Å². The summed E-state index contributed by atoms with van der Waals surface area (Å²) in [5.41, 5.74) is 0.955. The van der Waals surface area contributed by atoms with Gasteiger partial charge < -0.3 is 5.32 Å². The highest BCUT2D eigenvalue weighted by Crippen LogP contribution is 2.43. The van der Waals surface area contributed by atoms with E-state index in [1.54, 1.807) is 6.20 Å². The summed E-state index contributed by atoms with van der Waals surface area (Å²) in [4.78, 5) is 4.06. The van der Waals surface area contributed by atoms with E-state index < -0.39 is 0 Å². The lowest BCUT2D eigenvalue weighted by Crippen LogP contribution is -2.18. The third-order valence-corrected chi connectivity index (χ3v) is 4.03. The Morgan fingerprint density at radius 1 is 1.38 bits per heavy atom. The van der Waals surface area contributed by atoms with Gasteiger partial charge in [0.2, 0.25) is 0 Å². The van der Waals surface area contributed by atoms with E-state index in [1.807, 2.05) is 12.1 Å². The Hall–Kier alpha value is -1.02. The number of anilines is 1. The number of rotatable bonds is 3. The molecule has 0 saturated heterocycles. The number of fused-ring (bicyclic) bond motifs is 2. The van der Waals surface area contributed by atoms with Gasteiger partial charge in [0, 0.05) is 12.7 Å². The number of aromatic nitrogens is 1. The van der Waals surface area contributed by atoms with Crippen molar-refractivity contribution in [3.63, 3.8) is 0 Å². The van der Waals surface area contributed by atoms with E-state index in [0.29, 0.717) is 5.15 Å². The molecule has 3 heteroatoms. The van der Waals surface area contributed by atoms with Crippen molar-refractivity contribution in [2.24, 2.45) is 17.8 Å². The second-order valence-corrected chi connectivity index (χ2v) is 5.12. The fraction of sp³-hybridized carbons (Fsp3) is 0.462. The van der Waals surface area contributed by atoms with Crippen LogP contribution in [-0.4, -0.2) is 11.5 Å². The zero-order chi connectivity index (χ0) is 11.0. The zero-order valence-electron chi connectivity index (χ0n) is 9.07. The van der Waals surface area contributed by atoms with Crippen LogP contribution in [0.3, 0.4) is 0 Å². The summed E-state index contributed by atoms with van der Waals surface area (Å²) < 4.78 is 0. The Kier molecular flexibility index (Phi) is 2.60. The molecule has 1 fully saturated rings. The SMILES string of the molecule is Clc1ncccc1NCC1CC2C=CC1C2. The minimum Gasteiger partial charge on any atom is -0.382 e. The number of nitrogens with one attached hydrogen (secondary N) is 1. The monoisotopic (exact) mass is 234 g/mol. The van der Waals surface area contributed by atoms with Gasteiger partial charge in [0.25, 0.3) is 0 Å². The molecule has 1 saturated carbocycles. The van der Waals surface area contributed by atoms with E-state index in [4.69, 9.17) is 11.6 Å². The van der Waals surface area contributed by atoms with Crippen molar-refractivity contribution in [2.45, 2.75) is 12.8 Å². The lowest BCUT2D eigenvalue weighted by molar-refractivity contribution is 0.472. The minimum absolute atomic E-state index is 0.571. The fourth-order valence-corrected chi connectivity index (χ4v) is 3.07. The lowest BCUT2D eigenvalue weighted by atomic mass is 9.93. The van der Waals surface area contributed by atoms with Gasteiger partial charge in [0.15, 0.2) is 5.15 Å². The highest BCUT2D eigenvalue weighted by atomic mass is 35.5. The number of halogens is 1. The highest BCUT2D eigenvalue weighted by Gasteiger charge is 2.35. The molecular weight excluding hydrogens is 220 g/mol. The summed E-state index contributed by atoms with van der Waals surface area (Å²) in [6.07, 6.45) is 9.15. The molecule has 3 unspecified atom stereocenters. The first-order valence-electron chi connectivity index (χ1n) is 5.85. The molecule has 16 heavy (non-hydrogen) atoms. The number of nitrogens with zero attached hydrogens (tertiary/aromatic N) is 1. The molecule has 1 aromatic heterocycles. The van der Waals surface area contributed by atoms with Gasteiger partial charge in [-0.05, 0) is 42.7 Å². The molecule has 0 aromatic carbocycles. The van der Waals surface area contributed by atoms with Gasteiger partial charge in [-0.3, -0.25) is 0 Å². The Morgan fingerprint density at radius 2 is 2.31 bits per heavy atom. The van der Waals surface area contributed by atoms with Crippen molar-refractivity contribution in [1.82, 2.24) is 4.98 Å². The molecule has 0 radical (unpaired) electrons. The molecule has 0 aliphatic heterocycles. The van der Waals surface area contributed by atoms with Gasteiger partial charge in [-0.1, -0.05) is 23.8 Å². The van der Waals surface area contributed by atoms with E-state index in [0.717, 1.165) is 30.0 Å². The van der Waals surface area contributed by atoms with Gasteiger partial charge in [0.05, 0.1) is 5.69 Å². The Bertz CT molecular complexity index is 416. The van der Waals surface area contributed by atoms with Crippen LogP contribution in [0.15, 0.2) is 30.5 Å². The summed E-state index contributed by atoms with van der Waals surface area (Å²) in [5, 5.41) is 3.98. The Labute approximate surface area is 101 Å². The van der Waals surface area contributed by atoms with Crippen molar-refractivity contribution in [2.75, 3.05) is 11.9 Å². The molecule has 2 aliphatic rings. The van der Waals surface area contributed by atoms with Gasteiger partial charge in [-0.25, -0.2) is 4.98 Å². The molecule has 2 aliphatic carbocycles. The van der Waals surface area contributed by atoms with Gasteiger partial charge >= 0.3 is 0 Å². The second-order valence-electron chi connectivity index (χ2n) is 4.76. The van der Waals surface area contributed by atoms with E-state index in [2.05, 4.69) is 22.5 Å². The van der Waals surface area contributed by atoms with Gasteiger partial charge in [-0.2, -0.15) is 0 Å². The topological polar surface area (TPSA) is 24.9 Å². The van der Waals surface area contributed by atoms with Crippen LogP contribution in [0.5, 0.6) is 0 Å². The number of allylic oxidation sites excluding steroid dienone is 2. The average Bonchev–Trinajstić information content (AvgIpc) is 2.90. The molecule has 1 aromatic rings. The molecular formula is C13H15ClN2. The van der Waals surface area contributed by atoms with Crippen LogP contribution in [-0.2, 0) is 0 Å². The van der Waals surface area contributed by atoms with Crippen LogP contribution in [0.25, 0.3) is 0 Å². The first-order chi connectivity index (χ1) is 7.83. The predicted molar refractivity (Wildman–Crippen MR) is 66.6 cm³/mol. The second kappa shape index (κ2) is 4.10. The molecule has 2 bridgehead atoms. The number of hydrogen-bond donors (Lipinski definition) is 1. The number of hydrogen-bond acceptors (Lipinski definition) is 2. The normalized spacial score (nSPS) is 30.9. The van der Waals surface area contributed by atoms with Crippen molar-refractivity contribution < 1.29 is 0 Å². The molecule has 0 spiro atoms. The molecule has 2 nitrogen and oxygen atoms in total. The summed E-state index contributed by atoms with van der Waals surface area (Å²) in [5.74, 6) is 2.39. The third-order valence-electron chi connectivity index (χ3n) is 3.73. The number of pyridine rings is 1. The van der Waals surface area contributed by atoms with Crippen LogP contribution >= 0.6 is 11.6 Å². The summed E-state index contributed by atoms with van der Waals surface area (Å²) in [6.45, 7) is 1.01. The highest BCUT2D eigenvalue weighted by molar-refractivity contribution is 6.31. The third kappa shape index (κ3) is 1.82. The van der Waals surface area contributed by atoms with Crippen molar-refractivity contribution in [1.29, 1.82) is 0 Å². The largest absolute Gasteiger partial charge is 0.382 e. The van der Waals surface area contributed by atoms with Crippen LogP contribution < -0.4 is 5.32 Å². The van der Waals surface area contributed by atoms with Crippen LogP contribution in [0, 0.1) is 17.8 Å². The molecule has 3 atom stereocenters. The average molecular weight is 235 g/mol. The Morgan fingerprint density at radius 3 is 3.00 bits per heavy atom. The first kappa shape index (κ1) is 10.2. The predicted octanol–water partition coefficient (Wildman–Crippen LogP) is 3.36. The Balaban J connectivity index is 1.61. The van der Waals surface area contributed by atoms with E-state index in [9.17, 15) is 0 Å².